The Balaban J connectivity index is 1.99. The molecule has 0 aliphatic carbocycles. The second-order valence-electron chi connectivity index (χ2n) is 4.74. The third-order valence-corrected chi connectivity index (χ3v) is 3.47. The maximum absolute atomic E-state index is 5.50. The average Bonchev–Trinajstić information content (AvgIpc) is 2.39. The van der Waals surface area contributed by atoms with Crippen molar-refractivity contribution in [3.05, 3.63) is 18.1 Å². The van der Waals surface area contributed by atoms with Crippen LogP contribution in [0.5, 0.6) is 0 Å². The summed E-state index contributed by atoms with van der Waals surface area (Å²) in [6.07, 6.45) is 3.39. The molecule has 1 aliphatic rings. The van der Waals surface area contributed by atoms with E-state index in [2.05, 4.69) is 33.6 Å². The van der Waals surface area contributed by atoms with Crippen molar-refractivity contribution in [2.75, 3.05) is 31.1 Å². The lowest BCUT2D eigenvalue weighted by Crippen LogP contribution is -2.49. The Hall–Kier alpha value is -1.27. The van der Waals surface area contributed by atoms with E-state index in [1.165, 1.54) is 0 Å². The first-order chi connectivity index (χ1) is 8.58. The average molecular weight is 265 g/mol. The molecular weight excluding hydrogens is 246 g/mol. The molecule has 2 N–H and O–H groups in total. The predicted octanol–water partition coefficient (Wildman–Crippen LogP) is 0.641. The Bertz CT molecular complexity index is 409. The highest BCUT2D eigenvalue weighted by Gasteiger charge is 2.19. The monoisotopic (exact) mass is 265 g/mol. The van der Waals surface area contributed by atoms with Gasteiger partial charge in [-0.25, -0.2) is 9.97 Å². The third-order valence-electron chi connectivity index (χ3n) is 3.26. The molecule has 2 heterocycles. The molecule has 2 rings (SSSR count). The molecule has 0 unspecified atom stereocenters. The molecule has 1 fully saturated rings. The van der Waals surface area contributed by atoms with Crippen LogP contribution in [0.2, 0.25) is 0 Å². The highest BCUT2D eigenvalue weighted by Crippen LogP contribution is 2.13. The molecule has 0 spiro atoms. The van der Waals surface area contributed by atoms with Crippen LogP contribution in [0.4, 0.5) is 5.82 Å². The molecule has 1 aromatic heterocycles. The Kier molecular flexibility index (Phi) is 4.08. The molecule has 98 valence electrons. The van der Waals surface area contributed by atoms with Gasteiger partial charge in [0.25, 0.3) is 0 Å². The van der Waals surface area contributed by atoms with Crippen molar-refractivity contribution < 1.29 is 0 Å². The van der Waals surface area contributed by atoms with Gasteiger partial charge in [0.15, 0.2) is 0 Å². The normalized spacial score (nSPS) is 17.2. The smallest absolute Gasteiger partial charge is 0.147 e. The number of anilines is 1. The maximum atomic E-state index is 5.50. The van der Waals surface area contributed by atoms with Crippen LogP contribution in [0, 0.1) is 0 Å². The number of nitrogens with two attached hydrogens (primary N) is 1. The molecule has 0 atom stereocenters. The lowest BCUT2D eigenvalue weighted by molar-refractivity contribution is 0.209. The summed E-state index contributed by atoms with van der Waals surface area (Å²) in [6.45, 7) is 8.56. The lowest BCUT2D eigenvalue weighted by atomic mass is 10.2. The van der Waals surface area contributed by atoms with Crippen molar-refractivity contribution in [1.29, 1.82) is 0 Å². The Labute approximate surface area is 113 Å². The molecule has 0 bridgehead atoms. The van der Waals surface area contributed by atoms with Gasteiger partial charge in [-0.2, -0.15) is 0 Å². The highest BCUT2D eigenvalue weighted by molar-refractivity contribution is 7.80. The Morgan fingerprint density at radius 3 is 2.33 bits per heavy atom. The molecule has 1 aliphatic heterocycles. The molecule has 0 radical (unpaired) electrons. The van der Waals surface area contributed by atoms with Gasteiger partial charge in [-0.3, -0.25) is 4.90 Å². The number of thiocarbonyl (C=S) groups is 1. The van der Waals surface area contributed by atoms with Gasteiger partial charge in [0.2, 0.25) is 0 Å². The minimum Gasteiger partial charge on any atom is -0.388 e. The number of aromatic nitrogens is 2. The SMILES string of the molecule is CC(C)N1CCN(c2cnc(C(N)=S)cn2)CC1. The van der Waals surface area contributed by atoms with Crippen molar-refractivity contribution in [1.82, 2.24) is 14.9 Å². The number of nitrogens with zero attached hydrogens (tertiary/aromatic N) is 4. The molecule has 5 nitrogen and oxygen atoms in total. The standard InChI is InChI=1S/C12H19N5S/c1-9(2)16-3-5-17(6-4-16)11-8-14-10(7-15-11)12(13)18/h7-9H,3-6H2,1-2H3,(H2,13,18). The second-order valence-corrected chi connectivity index (χ2v) is 5.18. The van der Waals surface area contributed by atoms with Crippen LogP contribution in [-0.2, 0) is 0 Å². The first-order valence-electron chi connectivity index (χ1n) is 6.19. The van der Waals surface area contributed by atoms with Crippen LogP contribution in [0.3, 0.4) is 0 Å². The number of piperazine rings is 1. The van der Waals surface area contributed by atoms with Gasteiger partial charge in [0, 0.05) is 32.2 Å². The quantitative estimate of drug-likeness (QED) is 0.810. The van der Waals surface area contributed by atoms with E-state index >= 15 is 0 Å². The zero-order valence-electron chi connectivity index (χ0n) is 10.8. The van der Waals surface area contributed by atoms with E-state index in [-0.39, 0.29) is 0 Å². The zero-order chi connectivity index (χ0) is 13.1. The third kappa shape index (κ3) is 2.94. The first-order valence-corrected chi connectivity index (χ1v) is 6.59. The van der Waals surface area contributed by atoms with Crippen molar-refractivity contribution in [3.8, 4) is 0 Å². The van der Waals surface area contributed by atoms with E-state index in [9.17, 15) is 0 Å². The van der Waals surface area contributed by atoms with Crippen LogP contribution < -0.4 is 10.6 Å². The summed E-state index contributed by atoms with van der Waals surface area (Å²) in [5.74, 6) is 0.901. The van der Waals surface area contributed by atoms with E-state index in [0.29, 0.717) is 16.7 Å². The Morgan fingerprint density at radius 2 is 1.89 bits per heavy atom. The fourth-order valence-electron chi connectivity index (χ4n) is 2.08. The van der Waals surface area contributed by atoms with E-state index in [1.54, 1.807) is 12.4 Å². The summed E-state index contributed by atoms with van der Waals surface area (Å²) in [5, 5.41) is 0. The number of hydrogen-bond donors (Lipinski definition) is 1. The van der Waals surface area contributed by atoms with Gasteiger partial charge in [-0.05, 0) is 13.8 Å². The summed E-state index contributed by atoms with van der Waals surface area (Å²) in [6, 6.07) is 0.607. The minimum absolute atomic E-state index is 0.290. The van der Waals surface area contributed by atoms with Crippen LogP contribution in [-0.4, -0.2) is 52.1 Å². The fraction of sp³-hybridized carbons (Fsp3) is 0.583. The number of rotatable bonds is 3. The van der Waals surface area contributed by atoms with Crippen molar-refractivity contribution in [3.63, 3.8) is 0 Å². The molecule has 1 saturated heterocycles. The van der Waals surface area contributed by atoms with E-state index < -0.39 is 0 Å². The lowest BCUT2D eigenvalue weighted by Gasteiger charge is -2.37. The largest absolute Gasteiger partial charge is 0.388 e. The van der Waals surface area contributed by atoms with Crippen molar-refractivity contribution >= 4 is 23.0 Å². The summed E-state index contributed by atoms with van der Waals surface area (Å²) in [7, 11) is 0. The van der Waals surface area contributed by atoms with Gasteiger partial charge < -0.3 is 10.6 Å². The first kappa shape index (κ1) is 13.2. The molecule has 18 heavy (non-hydrogen) atoms. The van der Waals surface area contributed by atoms with Gasteiger partial charge in [0.1, 0.15) is 16.5 Å². The van der Waals surface area contributed by atoms with Crippen molar-refractivity contribution in [2.45, 2.75) is 19.9 Å². The van der Waals surface area contributed by atoms with Crippen LogP contribution in [0.25, 0.3) is 0 Å². The van der Waals surface area contributed by atoms with Gasteiger partial charge >= 0.3 is 0 Å². The molecule has 0 amide bonds. The van der Waals surface area contributed by atoms with Crippen LogP contribution in [0.15, 0.2) is 12.4 Å². The summed E-state index contributed by atoms with van der Waals surface area (Å²) in [5.41, 5.74) is 6.08. The van der Waals surface area contributed by atoms with Crippen molar-refractivity contribution in [2.24, 2.45) is 5.73 Å². The van der Waals surface area contributed by atoms with Gasteiger partial charge in [0.05, 0.1) is 12.4 Å². The second kappa shape index (κ2) is 5.58. The molecule has 0 aromatic carbocycles. The van der Waals surface area contributed by atoms with E-state index in [1.807, 2.05) is 0 Å². The molecular formula is C12H19N5S. The fourth-order valence-corrected chi connectivity index (χ4v) is 2.18. The summed E-state index contributed by atoms with van der Waals surface area (Å²) in [4.78, 5) is 13.6. The molecule has 0 saturated carbocycles. The van der Waals surface area contributed by atoms with E-state index in [0.717, 1.165) is 32.0 Å². The molecule has 1 aromatic rings. The van der Waals surface area contributed by atoms with Crippen LogP contribution in [0.1, 0.15) is 19.5 Å². The Morgan fingerprint density at radius 1 is 1.22 bits per heavy atom. The summed E-state index contributed by atoms with van der Waals surface area (Å²) < 4.78 is 0. The maximum Gasteiger partial charge on any atom is 0.147 e. The topological polar surface area (TPSA) is 58.3 Å². The zero-order valence-corrected chi connectivity index (χ0v) is 11.7. The predicted molar refractivity (Wildman–Crippen MR) is 76.8 cm³/mol. The van der Waals surface area contributed by atoms with Gasteiger partial charge in [-0.1, -0.05) is 12.2 Å². The van der Waals surface area contributed by atoms with Gasteiger partial charge in [-0.15, -0.1) is 0 Å². The minimum atomic E-state index is 0.290. The molecule has 6 heteroatoms. The van der Waals surface area contributed by atoms with Crippen LogP contribution >= 0.6 is 12.2 Å². The summed E-state index contributed by atoms with van der Waals surface area (Å²) >= 11 is 4.86. The number of hydrogen-bond acceptors (Lipinski definition) is 5. The highest BCUT2D eigenvalue weighted by atomic mass is 32.1. The van der Waals surface area contributed by atoms with E-state index in [4.69, 9.17) is 18.0 Å².